The molecule has 0 saturated carbocycles. The first kappa shape index (κ1) is 15.6. The smallest absolute Gasteiger partial charge is 0.368 e. The third-order valence-corrected chi connectivity index (χ3v) is 4.04. The van der Waals surface area contributed by atoms with E-state index in [0.29, 0.717) is 18.9 Å². The highest BCUT2D eigenvalue weighted by molar-refractivity contribution is 5.51. The van der Waals surface area contributed by atoms with Gasteiger partial charge < -0.3 is 9.80 Å². The van der Waals surface area contributed by atoms with E-state index in [1.54, 1.807) is 0 Å². The van der Waals surface area contributed by atoms with Crippen molar-refractivity contribution in [1.29, 1.82) is 0 Å². The van der Waals surface area contributed by atoms with E-state index < -0.39 is 11.7 Å². The second kappa shape index (κ2) is 6.10. The van der Waals surface area contributed by atoms with E-state index in [9.17, 15) is 13.2 Å². The van der Waals surface area contributed by atoms with Gasteiger partial charge in [0.15, 0.2) is 0 Å². The van der Waals surface area contributed by atoms with Gasteiger partial charge in [-0.15, -0.1) is 0 Å². The SMILES string of the molecule is Cc1cccc(N2CCN(c3cc(C(F)(F)F)ccn3)CC2)c1. The second-order valence-corrected chi connectivity index (χ2v) is 5.71. The lowest BCUT2D eigenvalue weighted by Gasteiger charge is -2.37. The number of alkyl halides is 3. The number of pyridine rings is 1. The molecule has 0 unspecified atom stereocenters. The zero-order chi connectivity index (χ0) is 16.4. The molecule has 0 atom stereocenters. The molecule has 0 N–H and O–H groups in total. The minimum Gasteiger partial charge on any atom is -0.368 e. The number of aromatic nitrogens is 1. The van der Waals surface area contributed by atoms with Crippen molar-refractivity contribution in [3.8, 4) is 0 Å². The normalized spacial score (nSPS) is 15.8. The van der Waals surface area contributed by atoms with E-state index in [0.717, 1.165) is 30.9 Å². The van der Waals surface area contributed by atoms with Gasteiger partial charge in [-0.1, -0.05) is 12.1 Å². The van der Waals surface area contributed by atoms with E-state index in [4.69, 9.17) is 0 Å². The minimum absolute atomic E-state index is 0.392. The Balaban J connectivity index is 1.70. The zero-order valence-corrected chi connectivity index (χ0v) is 12.8. The standard InChI is InChI=1S/C17H18F3N3/c1-13-3-2-4-15(11-13)22-7-9-23(10-8-22)16-12-14(5-6-21-16)17(18,19)20/h2-6,11-12H,7-10H2,1H3. The number of halogens is 3. The summed E-state index contributed by atoms with van der Waals surface area (Å²) >= 11 is 0. The number of anilines is 2. The van der Waals surface area contributed by atoms with Gasteiger partial charge in [0.05, 0.1) is 5.56 Å². The third-order valence-electron chi connectivity index (χ3n) is 4.04. The van der Waals surface area contributed by atoms with Gasteiger partial charge in [0.1, 0.15) is 5.82 Å². The van der Waals surface area contributed by atoms with Crippen molar-refractivity contribution in [3.63, 3.8) is 0 Å². The molecule has 1 aromatic carbocycles. The fraction of sp³-hybridized carbons (Fsp3) is 0.353. The van der Waals surface area contributed by atoms with Crippen molar-refractivity contribution in [2.24, 2.45) is 0 Å². The molecule has 1 aromatic heterocycles. The predicted octanol–water partition coefficient (Wildman–Crippen LogP) is 3.74. The first-order valence-corrected chi connectivity index (χ1v) is 7.53. The molecule has 1 aliphatic rings. The Hall–Kier alpha value is -2.24. The topological polar surface area (TPSA) is 19.4 Å². The Morgan fingerprint density at radius 1 is 0.957 bits per heavy atom. The summed E-state index contributed by atoms with van der Waals surface area (Å²) in [7, 11) is 0. The lowest BCUT2D eigenvalue weighted by atomic mass is 10.2. The number of hydrogen-bond acceptors (Lipinski definition) is 3. The van der Waals surface area contributed by atoms with Gasteiger partial charge in [0.2, 0.25) is 0 Å². The van der Waals surface area contributed by atoms with Crippen molar-refractivity contribution < 1.29 is 13.2 Å². The van der Waals surface area contributed by atoms with Crippen molar-refractivity contribution in [2.75, 3.05) is 36.0 Å². The maximum Gasteiger partial charge on any atom is 0.416 e. The van der Waals surface area contributed by atoms with Gasteiger partial charge >= 0.3 is 6.18 Å². The van der Waals surface area contributed by atoms with Crippen LogP contribution in [0.3, 0.4) is 0 Å². The molecule has 1 saturated heterocycles. The molecule has 1 fully saturated rings. The Kier molecular flexibility index (Phi) is 4.15. The van der Waals surface area contributed by atoms with Crippen LogP contribution in [0.2, 0.25) is 0 Å². The molecule has 0 aliphatic carbocycles. The molecule has 0 amide bonds. The summed E-state index contributed by atoms with van der Waals surface area (Å²) in [4.78, 5) is 8.25. The molecule has 3 nitrogen and oxygen atoms in total. The number of rotatable bonds is 2. The van der Waals surface area contributed by atoms with Gasteiger partial charge in [0.25, 0.3) is 0 Å². The van der Waals surface area contributed by atoms with Crippen molar-refractivity contribution in [2.45, 2.75) is 13.1 Å². The number of nitrogens with zero attached hydrogens (tertiary/aromatic N) is 3. The van der Waals surface area contributed by atoms with Crippen molar-refractivity contribution in [1.82, 2.24) is 4.98 Å². The molecular formula is C17H18F3N3. The average Bonchev–Trinajstić information content (AvgIpc) is 2.54. The Labute approximate surface area is 133 Å². The minimum atomic E-state index is -4.33. The molecular weight excluding hydrogens is 303 g/mol. The Morgan fingerprint density at radius 2 is 1.65 bits per heavy atom. The number of hydrogen-bond donors (Lipinski definition) is 0. The average molecular weight is 321 g/mol. The second-order valence-electron chi connectivity index (χ2n) is 5.71. The van der Waals surface area contributed by atoms with Crippen molar-refractivity contribution in [3.05, 3.63) is 53.7 Å². The van der Waals surface area contributed by atoms with E-state index in [1.807, 2.05) is 24.0 Å². The lowest BCUT2D eigenvalue weighted by Crippen LogP contribution is -2.46. The van der Waals surface area contributed by atoms with Gasteiger partial charge in [-0.05, 0) is 36.8 Å². The third kappa shape index (κ3) is 3.57. The van der Waals surface area contributed by atoms with Crippen LogP contribution in [-0.2, 0) is 6.18 Å². The molecule has 0 radical (unpaired) electrons. The fourth-order valence-corrected chi connectivity index (χ4v) is 2.79. The van der Waals surface area contributed by atoms with E-state index in [-0.39, 0.29) is 0 Å². The fourth-order valence-electron chi connectivity index (χ4n) is 2.79. The Morgan fingerprint density at radius 3 is 2.30 bits per heavy atom. The van der Waals surface area contributed by atoms with Gasteiger partial charge in [-0.2, -0.15) is 13.2 Å². The maximum absolute atomic E-state index is 12.8. The molecule has 0 bridgehead atoms. The van der Waals surface area contributed by atoms with E-state index >= 15 is 0 Å². The largest absolute Gasteiger partial charge is 0.416 e. The molecule has 2 heterocycles. The number of aryl methyl sites for hydroxylation is 1. The van der Waals surface area contributed by atoms with E-state index in [1.165, 1.54) is 11.8 Å². The predicted molar refractivity (Wildman–Crippen MR) is 84.8 cm³/mol. The lowest BCUT2D eigenvalue weighted by molar-refractivity contribution is -0.137. The zero-order valence-electron chi connectivity index (χ0n) is 12.8. The van der Waals surface area contributed by atoms with Crippen LogP contribution in [0.4, 0.5) is 24.7 Å². The van der Waals surface area contributed by atoms with Gasteiger partial charge in [0, 0.05) is 38.1 Å². The van der Waals surface area contributed by atoms with Crippen molar-refractivity contribution >= 4 is 11.5 Å². The highest BCUT2D eigenvalue weighted by Crippen LogP contribution is 2.31. The van der Waals surface area contributed by atoms with Gasteiger partial charge in [-0.25, -0.2) is 4.98 Å². The van der Waals surface area contributed by atoms with Crippen LogP contribution in [0.25, 0.3) is 0 Å². The summed E-state index contributed by atoms with van der Waals surface area (Å²) in [5.74, 6) is 0.392. The summed E-state index contributed by atoms with van der Waals surface area (Å²) < 4.78 is 38.4. The first-order chi connectivity index (χ1) is 10.9. The van der Waals surface area contributed by atoms with Gasteiger partial charge in [-0.3, -0.25) is 0 Å². The highest BCUT2D eigenvalue weighted by Gasteiger charge is 2.31. The molecule has 2 aromatic rings. The van der Waals surface area contributed by atoms with E-state index in [2.05, 4.69) is 22.0 Å². The van der Waals surface area contributed by atoms with Crippen LogP contribution in [0.5, 0.6) is 0 Å². The molecule has 1 aliphatic heterocycles. The summed E-state index contributed by atoms with van der Waals surface area (Å²) in [6.45, 7) is 4.89. The van der Waals surface area contributed by atoms with Crippen LogP contribution < -0.4 is 9.80 Å². The molecule has 122 valence electrons. The molecule has 0 spiro atoms. The monoisotopic (exact) mass is 321 g/mol. The van der Waals surface area contributed by atoms with Crippen LogP contribution in [0.15, 0.2) is 42.6 Å². The number of piperazine rings is 1. The maximum atomic E-state index is 12.8. The molecule has 23 heavy (non-hydrogen) atoms. The summed E-state index contributed by atoms with van der Waals surface area (Å²) in [6, 6.07) is 10.4. The highest BCUT2D eigenvalue weighted by atomic mass is 19.4. The van der Waals surface area contributed by atoms with Crippen LogP contribution >= 0.6 is 0 Å². The van der Waals surface area contributed by atoms with Crippen LogP contribution in [0.1, 0.15) is 11.1 Å². The molecule has 6 heteroatoms. The summed E-state index contributed by atoms with van der Waals surface area (Å²) in [5, 5.41) is 0. The Bertz CT molecular complexity index is 677. The number of benzene rings is 1. The summed E-state index contributed by atoms with van der Waals surface area (Å²) in [6.07, 6.45) is -3.10. The first-order valence-electron chi connectivity index (χ1n) is 7.53. The van der Waals surface area contributed by atoms with Crippen LogP contribution in [0, 0.1) is 6.92 Å². The van der Waals surface area contributed by atoms with Crippen LogP contribution in [-0.4, -0.2) is 31.2 Å². The summed E-state index contributed by atoms with van der Waals surface area (Å²) in [5.41, 5.74) is 1.70. The molecule has 3 rings (SSSR count). The quantitative estimate of drug-likeness (QED) is 0.840.